The highest BCUT2D eigenvalue weighted by Gasteiger charge is 2.21. The van der Waals surface area contributed by atoms with Crippen LogP contribution in [-0.2, 0) is 14.8 Å². The first-order valence-corrected chi connectivity index (χ1v) is 8.32. The Hall–Kier alpha value is -1.63. The van der Waals surface area contributed by atoms with Crippen molar-refractivity contribution in [3.05, 3.63) is 24.4 Å². The lowest BCUT2D eigenvalue weighted by Crippen LogP contribution is -2.40. The third kappa shape index (κ3) is 6.01. The molecule has 0 aromatic heterocycles. The minimum absolute atomic E-state index is 0.214. The molecule has 0 bridgehead atoms. The molecule has 0 aromatic rings. The molecule has 114 valence electrons. The summed E-state index contributed by atoms with van der Waals surface area (Å²) in [5.74, 6) is -0.266. The summed E-state index contributed by atoms with van der Waals surface area (Å²) in [5, 5.41) is 0. The van der Waals surface area contributed by atoms with Gasteiger partial charge >= 0.3 is 0 Å². The molecule has 1 N–H and O–H groups in total. The molecule has 0 unspecified atom stereocenters. The number of nitrogens with zero attached hydrogens (tertiary/aromatic N) is 2. The number of allylic oxidation sites excluding steroid dienone is 1. The van der Waals surface area contributed by atoms with E-state index in [0.717, 1.165) is 12.7 Å². The van der Waals surface area contributed by atoms with E-state index in [1.807, 2.05) is 23.5 Å². The Morgan fingerprint density at radius 1 is 1.40 bits per heavy atom. The fraction of sp³-hybridized carbons (Fsp3) is 0.538. The number of hydrogen-bond acceptors (Lipinski definition) is 4. The van der Waals surface area contributed by atoms with Crippen molar-refractivity contribution in [2.24, 2.45) is 4.99 Å². The molecule has 0 radical (unpaired) electrons. The molecular weight excluding hydrogens is 278 g/mol. The van der Waals surface area contributed by atoms with Gasteiger partial charge < -0.3 is 4.90 Å². The number of aliphatic imine (C=N–C) groups is 1. The zero-order valence-electron chi connectivity index (χ0n) is 12.5. The van der Waals surface area contributed by atoms with E-state index in [-0.39, 0.29) is 5.57 Å². The van der Waals surface area contributed by atoms with Crippen molar-refractivity contribution in [2.75, 3.05) is 19.3 Å². The quantitative estimate of drug-likeness (QED) is 0.436. The maximum atomic E-state index is 12.0. The van der Waals surface area contributed by atoms with Crippen molar-refractivity contribution in [1.29, 1.82) is 0 Å². The maximum absolute atomic E-state index is 12.0. The molecule has 0 aliphatic carbocycles. The van der Waals surface area contributed by atoms with Gasteiger partial charge in [-0.05, 0) is 20.3 Å². The molecule has 0 saturated heterocycles. The summed E-state index contributed by atoms with van der Waals surface area (Å²) < 4.78 is 24.3. The second-order valence-corrected chi connectivity index (χ2v) is 5.87. The number of carbonyl (C=O) groups excluding carboxylic acids is 1. The molecule has 0 aliphatic heterocycles. The second kappa shape index (κ2) is 8.52. The molecule has 1 amide bonds. The van der Waals surface area contributed by atoms with Crippen LogP contribution in [0.25, 0.3) is 0 Å². The summed E-state index contributed by atoms with van der Waals surface area (Å²) in [4.78, 5) is 18.1. The first-order valence-electron chi connectivity index (χ1n) is 6.43. The number of amidine groups is 1. The van der Waals surface area contributed by atoms with Crippen LogP contribution in [0.2, 0.25) is 0 Å². The van der Waals surface area contributed by atoms with Gasteiger partial charge in [0.1, 0.15) is 5.84 Å². The zero-order valence-corrected chi connectivity index (χ0v) is 13.3. The van der Waals surface area contributed by atoms with Crippen LogP contribution in [0.5, 0.6) is 0 Å². The molecule has 0 saturated carbocycles. The van der Waals surface area contributed by atoms with Crippen LogP contribution in [0.4, 0.5) is 0 Å². The number of nitrogens with one attached hydrogen (secondary N) is 1. The highest BCUT2D eigenvalue weighted by Crippen LogP contribution is 2.07. The number of carbonyl (C=O) groups is 1. The van der Waals surface area contributed by atoms with Crippen LogP contribution in [-0.4, -0.2) is 44.4 Å². The van der Waals surface area contributed by atoms with E-state index in [1.165, 1.54) is 6.20 Å². The predicted octanol–water partition coefficient (Wildman–Crippen LogP) is 1.28. The third-order valence-electron chi connectivity index (χ3n) is 2.44. The topological polar surface area (TPSA) is 78.8 Å². The Labute approximate surface area is 121 Å². The summed E-state index contributed by atoms with van der Waals surface area (Å²) in [7, 11) is -3.61. The lowest BCUT2D eigenvalue weighted by molar-refractivity contribution is -0.115. The lowest BCUT2D eigenvalue weighted by Gasteiger charge is -2.25. The van der Waals surface area contributed by atoms with Crippen LogP contribution in [0.1, 0.15) is 27.2 Å². The summed E-state index contributed by atoms with van der Waals surface area (Å²) in [6.07, 6.45) is 4.70. The summed E-state index contributed by atoms with van der Waals surface area (Å²) in [5.41, 5.74) is 0.214. The number of rotatable bonds is 7. The monoisotopic (exact) mass is 301 g/mol. The zero-order chi connectivity index (χ0) is 15.8. The SMILES string of the molecule is C=CN=C(/C(=C\C)C(=O)NS(C)(=O)=O)N(CC)CCC. The molecule has 0 spiro atoms. The Kier molecular flexibility index (Phi) is 7.83. The molecule has 7 heteroatoms. The number of likely N-dealkylation sites (N-methyl/N-ethyl adjacent to an activating group) is 1. The average Bonchev–Trinajstić information content (AvgIpc) is 2.33. The van der Waals surface area contributed by atoms with Crippen molar-refractivity contribution in [3.8, 4) is 0 Å². The minimum atomic E-state index is -3.61. The molecular formula is C13H23N3O3S. The van der Waals surface area contributed by atoms with E-state index in [9.17, 15) is 13.2 Å². The van der Waals surface area contributed by atoms with Crippen molar-refractivity contribution < 1.29 is 13.2 Å². The molecule has 0 heterocycles. The van der Waals surface area contributed by atoms with Gasteiger partial charge in [-0.1, -0.05) is 19.6 Å². The lowest BCUT2D eigenvalue weighted by atomic mass is 10.2. The standard InChI is InChI=1S/C13H23N3O3S/c1-6-10-16(9-4)12(14-8-3)11(7-2)13(17)15-20(5,18)19/h7-8H,3,6,9-10H2,1-2,4-5H3,(H,15,17)/b11-7+,14-12?. The Morgan fingerprint density at radius 2 is 2.00 bits per heavy atom. The highest BCUT2D eigenvalue weighted by atomic mass is 32.2. The Balaban J connectivity index is 5.49. The normalized spacial score (nSPS) is 13.0. The minimum Gasteiger partial charge on any atom is -0.356 e. The first-order chi connectivity index (χ1) is 9.30. The van der Waals surface area contributed by atoms with Crippen molar-refractivity contribution >= 4 is 21.8 Å². The molecule has 0 fully saturated rings. The molecule has 0 aromatic carbocycles. The Morgan fingerprint density at radius 3 is 2.35 bits per heavy atom. The van der Waals surface area contributed by atoms with E-state index < -0.39 is 15.9 Å². The number of sulfonamides is 1. The van der Waals surface area contributed by atoms with Gasteiger partial charge in [0.25, 0.3) is 5.91 Å². The number of hydrogen-bond donors (Lipinski definition) is 1. The van der Waals surface area contributed by atoms with Crippen molar-refractivity contribution in [1.82, 2.24) is 9.62 Å². The van der Waals surface area contributed by atoms with E-state index in [0.29, 0.717) is 18.9 Å². The Bertz CT molecular complexity index is 507. The molecule has 0 atom stereocenters. The van der Waals surface area contributed by atoms with Gasteiger partial charge in [-0.2, -0.15) is 0 Å². The van der Waals surface area contributed by atoms with Gasteiger partial charge in [0.05, 0.1) is 11.8 Å². The predicted molar refractivity (Wildman–Crippen MR) is 81.9 cm³/mol. The second-order valence-electron chi connectivity index (χ2n) is 4.12. The van der Waals surface area contributed by atoms with Gasteiger partial charge in [-0.15, -0.1) is 0 Å². The largest absolute Gasteiger partial charge is 0.356 e. The van der Waals surface area contributed by atoms with Crippen LogP contribution in [0.3, 0.4) is 0 Å². The van der Waals surface area contributed by atoms with Crippen LogP contribution < -0.4 is 4.72 Å². The van der Waals surface area contributed by atoms with E-state index >= 15 is 0 Å². The van der Waals surface area contributed by atoms with Crippen LogP contribution in [0, 0.1) is 0 Å². The fourth-order valence-electron chi connectivity index (χ4n) is 1.68. The van der Waals surface area contributed by atoms with Gasteiger partial charge in [0.15, 0.2) is 0 Å². The van der Waals surface area contributed by atoms with Crippen LogP contribution >= 0.6 is 0 Å². The van der Waals surface area contributed by atoms with Crippen LogP contribution in [0.15, 0.2) is 29.4 Å². The van der Waals surface area contributed by atoms with Crippen molar-refractivity contribution in [2.45, 2.75) is 27.2 Å². The van der Waals surface area contributed by atoms with Gasteiger partial charge in [0.2, 0.25) is 10.0 Å². The van der Waals surface area contributed by atoms with Gasteiger partial charge in [-0.3, -0.25) is 4.79 Å². The highest BCUT2D eigenvalue weighted by molar-refractivity contribution is 7.89. The molecule has 0 rings (SSSR count). The maximum Gasteiger partial charge on any atom is 0.268 e. The van der Waals surface area contributed by atoms with Gasteiger partial charge in [0, 0.05) is 19.3 Å². The smallest absolute Gasteiger partial charge is 0.268 e. The third-order valence-corrected chi connectivity index (χ3v) is 3.00. The average molecular weight is 301 g/mol. The molecule has 20 heavy (non-hydrogen) atoms. The number of amides is 1. The van der Waals surface area contributed by atoms with E-state index in [4.69, 9.17) is 0 Å². The molecule has 6 nitrogen and oxygen atoms in total. The summed E-state index contributed by atoms with van der Waals surface area (Å²) >= 11 is 0. The first kappa shape index (κ1) is 18.4. The van der Waals surface area contributed by atoms with E-state index in [2.05, 4.69) is 11.6 Å². The summed E-state index contributed by atoms with van der Waals surface area (Å²) in [6, 6.07) is 0. The molecule has 0 aliphatic rings. The summed E-state index contributed by atoms with van der Waals surface area (Å²) in [6.45, 7) is 10.5. The van der Waals surface area contributed by atoms with E-state index in [1.54, 1.807) is 13.0 Å². The van der Waals surface area contributed by atoms with Gasteiger partial charge in [-0.25, -0.2) is 18.1 Å². The fourth-order valence-corrected chi connectivity index (χ4v) is 2.12. The van der Waals surface area contributed by atoms with Crippen molar-refractivity contribution in [3.63, 3.8) is 0 Å².